The third-order valence-electron chi connectivity index (χ3n) is 4.44. The molecule has 1 atom stereocenters. The summed E-state index contributed by atoms with van der Waals surface area (Å²) in [6, 6.07) is 2.27. The molecule has 1 aliphatic heterocycles. The van der Waals surface area contributed by atoms with Crippen molar-refractivity contribution in [1.29, 1.82) is 0 Å². The molecule has 1 aromatic heterocycles. The molecule has 2 rings (SSSR count). The van der Waals surface area contributed by atoms with Crippen LogP contribution in [-0.2, 0) is 18.3 Å². The summed E-state index contributed by atoms with van der Waals surface area (Å²) < 4.78 is 2.23. The molecule has 3 nitrogen and oxygen atoms in total. The maximum absolute atomic E-state index is 11.7. The van der Waals surface area contributed by atoms with Gasteiger partial charge in [0.15, 0.2) is 0 Å². The Hall–Kier alpha value is -1.25. The molecule has 0 saturated carbocycles. The molecule has 1 unspecified atom stereocenters. The van der Waals surface area contributed by atoms with Gasteiger partial charge < -0.3 is 9.88 Å². The van der Waals surface area contributed by atoms with Crippen LogP contribution in [0.4, 0.5) is 0 Å². The first-order chi connectivity index (χ1) is 8.83. The molecule has 0 radical (unpaired) electrons. The van der Waals surface area contributed by atoms with Gasteiger partial charge >= 0.3 is 0 Å². The third kappa shape index (κ3) is 2.85. The van der Waals surface area contributed by atoms with Gasteiger partial charge in [-0.25, -0.2) is 0 Å². The Labute approximate surface area is 116 Å². The first-order valence-corrected chi connectivity index (χ1v) is 7.26. The molecule has 0 aliphatic carbocycles. The van der Waals surface area contributed by atoms with Gasteiger partial charge in [-0.1, -0.05) is 13.8 Å². The molecule has 1 saturated heterocycles. The van der Waals surface area contributed by atoms with E-state index in [1.165, 1.54) is 17.0 Å². The van der Waals surface area contributed by atoms with Gasteiger partial charge in [0, 0.05) is 30.4 Å². The summed E-state index contributed by atoms with van der Waals surface area (Å²) >= 11 is 0. The molecule has 1 amide bonds. The molecule has 0 aromatic carbocycles. The molecule has 0 bridgehead atoms. The molecule has 1 aliphatic rings. The van der Waals surface area contributed by atoms with Crippen molar-refractivity contribution in [3.63, 3.8) is 0 Å². The number of carbonyl (C=O) groups is 1. The molecular formula is C16H26N2O. The van der Waals surface area contributed by atoms with E-state index in [0.717, 1.165) is 19.3 Å². The largest absolute Gasteiger partial charge is 0.352 e. The molecule has 3 heteroatoms. The zero-order valence-electron chi connectivity index (χ0n) is 12.8. The maximum Gasteiger partial charge on any atom is 0.220 e. The summed E-state index contributed by atoms with van der Waals surface area (Å²) in [7, 11) is 2.11. The summed E-state index contributed by atoms with van der Waals surface area (Å²) in [6.45, 7) is 8.77. The van der Waals surface area contributed by atoms with Gasteiger partial charge in [0.25, 0.3) is 0 Å². The first kappa shape index (κ1) is 14.2. The van der Waals surface area contributed by atoms with Crippen LogP contribution >= 0.6 is 0 Å². The highest BCUT2D eigenvalue weighted by Crippen LogP contribution is 2.32. The van der Waals surface area contributed by atoms with Crippen molar-refractivity contribution in [3.8, 4) is 0 Å². The van der Waals surface area contributed by atoms with Gasteiger partial charge in [0.05, 0.1) is 0 Å². The lowest BCUT2D eigenvalue weighted by atomic mass is 9.82. The van der Waals surface area contributed by atoms with E-state index >= 15 is 0 Å². The highest BCUT2D eigenvalue weighted by molar-refractivity contribution is 5.79. The van der Waals surface area contributed by atoms with Crippen molar-refractivity contribution in [1.82, 2.24) is 9.88 Å². The number of nitrogens with one attached hydrogen (secondary N) is 1. The number of aryl methyl sites for hydroxylation is 1. The van der Waals surface area contributed by atoms with Crippen molar-refractivity contribution in [3.05, 3.63) is 23.0 Å². The van der Waals surface area contributed by atoms with Gasteiger partial charge in [-0.3, -0.25) is 4.79 Å². The fourth-order valence-corrected chi connectivity index (χ4v) is 3.39. The van der Waals surface area contributed by atoms with Crippen LogP contribution in [0.25, 0.3) is 0 Å². The minimum Gasteiger partial charge on any atom is -0.352 e. The van der Waals surface area contributed by atoms with Crippen LogP contribution in [0, 0.1) is 19.8 Å². The number of aromatic nitrogens is 1. The van der Waals surface area contributed by atoms with Gasteiger partial charge in [0.1, 0.15) is 0 Å². The number of carbonyl (C=O) groups excluding carboxylic acids is 1. The quantitative estimate of drug-likeness (QED) is 0.889. The second-order valence-corrected chi connectivity index (χ2v) is 6.56. The fraction of sp³-hybridized carbons (Fsp3) is 0.688. The molecule has 1 fully saturated rings. The normalized spacial score (nSPS) is 23.2. The van der Waals surface area contributed by atoms with Gasteiger partial charge in [0.2, 0.25) is 5.91 Å². The number of rotatable bonds is 4. The Morgan fingerprint density at radius 3 is 2.53 bits per heavy atom. The minimum absolute atomic E-state index is 0.0240. The summed E-state index contributed by atoms with van der Waals surface area (Å²) in [5.74, 6) is 0.814. The molecule has 1 N–H and O–H groups in total. The van der Waals surface area contributed by atoms with E-state index in [4.69, 9.17) is 0 Å². The van der Waals surface area contributed by atoms with Crippen LogP contribution in [0.5, 0.6) is 0 Å². The summed E-state index contributed by atoms with van der Waals surface area (Å²) in [5.41, 5.74) is 3.96. The van der Waals surface area contributed by atoms with Crippen LogP contribution < -0.4 is 5.32 Å². The van der Waals surface area contributed by atoms with Gasteiger partial charge in [-0.05, 0) is 50.7 Å². The van der Waals surface area contributed by atoms with Gasteiger partial charge in [-0.15, -0.1) is 0 Å². The Bertz CT molecular complexity index is 487. The summed E-state index contributed by atoms with van der Waals surface area (Å²) in [5, 5.41) is 3.25. The van der Waals surface area contributed by atoms with Crippen molar-refractivity contribution in [2.24, 2.45) is 13.0 Å². The highest BCUT2D eigenvalue weighted by Gasteiger charge is 2.38. The molecule has 106 valence electrons. The Morgan fingerprint density at radius 2 is 2.11 bits per heavy atom. The van der Waals surface area contributed by atoms with E-state index in [9.17, 15) is 4.79 Å². The molecular weight excluding hydrogens is 236 g/mol. The van der Waals surface area contributed by atoms with E-state index in [1.54, 1.807) is 0 Å². The SMILES string of the molecule is Cc1cc(CC2(CC(C)C)CCC(=O)N2)c(C)n1C. The molecule has 0 spiro atoms. The lowest BCUT2D eigenvalue weighted by molar-refractivity contribution is -0.119. The molecule has 19 heavy (non-hydrogen) atoms. The molecule has 2 heterocycles. The highest BCUT2D eigenvalue weighted by atomic mass is 16.2. The van der Waals surface area contributed by atoms with Crippen molar-refractivity contribution in [2.45, 2.75) is 58.9 Å². The van der Waals surface area contributed by atoms with Crippen molar-refractivity contribution in [2.75, 3.05) is 0 Å². The van der Waals surface area contributed by atoms with E-state index in [0.29, 0.717) is 12.3 Å². The van der Waals surface area contributed by atoms with Gasteiger partial charge in [-0.2, -0.15) is 0 Å². The average molecular weight is 262 g/mol. The topological polar surface area (TPSA) is 34.0 Å². The van der Waals surface area contributed by atoms with E-state index in [-0.39, 0.29) is 11.4 Å². The van der Waals surface area contributed by atoms with E-state index in [2.05, 4.69) is 50.7 Å². The Morgan fingerprint density at radius 1 is 1.42 bits per heavy atom. The van der Waals surface area contributed by atoms with Crippen LogP contribution in [0.3, 0.4) is 0 Å². The lowest BCUT2D eigenvalue weighted by Crippen LogP contribution is -2.44. The Kier molecular flexibility index (Phi) is 3.75. The fourth-order valence-electron chi connectivity index (χ4n) is 3.39. The average Bonchev–Trinajstić information content (AvgIpc) is 2.76. The number of amides is 1. The second kappa shape index (κ2) is 5.03. The van der Waals surface area contributed by atoms with Crippen LogP contribution in [0.1, 0.15) is 50.1 Å². The zero-order chi connectivity index (χ0) is 14.2. The maximum atomic E-state index is 11.7. The number of hydrogen-bond acceptors (Lipinski definition) is 1. The van der Waals surface area contributed by atoms with E-state index in [1.807, 2.05) is 0 Å². The van der Waals surface area contributed by atoms with Crippen molar-refractivity contribution >= 4 is 5.91 Å². The van der Waals surface area contributed by atoms with Crippen LogP contribution in [0.2, 0.25) is 0 Å². The predicted molar refractivity (Wildman–Crippen MR) is 78.2 cm³/mol. The summed E-state index contributed by atoms with van der Waals surface area (Å²) in [4.78, 5) is 11.7. The summed E-state index contributed by atoms with van der Waals surface area (Å²) in [6.07, 6.45) is 3.67. The first-order valence-electron chi connectivity index (χ1n) is 7.26. The number of hydrogen-bond donors (Lipinski definition) is 1. The Balaban J connectivity index is 2.25. The van der Waals surface area contributed by atoms with Crippen LogP contribution in [0.15, 0.2) is 6.07 Å². The minimum atomic E-state index is -0.0240. The van der Waals surface area contributed by atoms with Crippen molar-refractivity contribution < 1.29 is 4.79 Å². The predicted octanol–water partition coefficient (Wildman–Crippen LogP) is 2.88. The standard InChI is InChI=1S/C16H26N2O/c1-11(2)9-16(7-6-15(19)17-16)10-14-8-12(3)18(5)13(14)4/h8,11H,6-7,9-10H2,1-5H3,(H,17,19). The van der Waals surface area contributed by atoms with E-state index < -0.39 is 0 Å². The smallest absolute Gasteiger partial charge is 0.220 e. The monoisotopic (exact) mass is 262 g/mol. The zero-order valence-corrected chi connectivity index (χ0v) is 12.8. The third-order valence-corrected chi connectivity index (χ3v) is 4.44. The lowest BCUT2D eigenvalue weighted by Gasteiger charge is -2.31. The number of nitrogens with zero attached hydrogens (tertiary/aromatic N) is 1. The molecule has 1 aromatic rings. The van der Waals surface area contributed by atoms with Crippen LogP contribution in [-0.4, -0.2) is 16.0 Å². The second-order valence-electron chi connectivity index (χ2n) is 6.56.